The summed E-state index contributed by atoms with van der Waals surface area (Å²) in [6.45, 7) is 1.93. The summed E-state index contributed by atoms with van der Waals surface area (Å²) >= 11 is 0. The van der Waals surface area contributed by atoms with Crippen LogP contribution in [0.25, 0.3) is 0 Å². The summed E-state index contributed by atoms with van der Waals surface area (Å²) in [5.74, 6) is 0. The van der Waals surface area contributed by atoms with Gasteiger partial charge in [-0.15, -0.1) is 37.2 Å². The molecule has 0 saturated heterocycles. The molecule has 0 amide bonds. The maximum absolute atomic E-state index is 7.57. The van der Waals surface area contributed by atoms with Crippen molar-refractivity contribution in [1.82, 2.24) is 0 Å². The Morgan fingerprint density at radius 2 is 0.692 bits per heavy atom. The van der Waals surface area contributed by atoms with Gasteiger partial charge >= 0.3 is 0 Å². The third kappa shape index (κ3) is 517. The van der Waals surface area contributed by atoms with Crippen LogP contribution < -0.4 is 0 Å². The summed E-state index contributed by atoms with van der Waals surface area (Å²) in [7, 11) is 0. The smallest absolute Gasteiger partial charge is 0.0402 e. The van der Waals surface area contributed by atoms with Crippen molar-refractivity contribution in [3.63, 3.8) is 0 Å². The van der Waals surface area contributed by atoms with Crippen molar-refractivity contribution in [2.45, 2.75) is 6.92 Å². The standard InChI is InChI=1S/C2H6O.Ce.3ClH.6H2O/c1-2-3;;;;;;;;;;/h3H,2H2,1H3;;3*1H;6*1H2. The van der Waals surface area contributed by atoms with Crippen molar-refractivity contribution in [2.24, 2.45) is 0 Å². The molecule has 0 aromatic carbocycles. The molecule has 0 aliphatic carbocycles. The minimum absolute atomic E-state index is 0. The summed E-state index contributed by atoms with van der Waals surface area (Å²) in [6.07, 6.45) is 0. The Morgan fingerprint density at radius 3 is 0.692 bits per heavy atom. The van der Waals surface area contributed by atoms with E-state index in [2.05, 4.69) is 0 Å². The first-order valence-electron chi connectivity index (χ1n) is 1.02. The second kappa shape index (κ2) is 267. The molecular formula is C2H21CeCl3O7. The van der Waals surface area contributed by atoms with Crippen molar-refractivity contribution in [3.05, 3.63) is 0 Å². The number of halogens is 3. The Balaban J connectivity index is -0.000000000444. The number of hydrogen-bond acceptors (Lipinski definition) is 1. The third-order valence-electron chi connectivity index (χ3n) is 0. The molecule has 11 heteroatoms. The molecule has 96 valence electrons. The molecule has 0 saturated carbocycles. The largest absolute Gasteiger partial charge is 0.412 e. The van der Waals surface area contributed by atoms with E-state index in [0.717, 1.165) is 0 Å². The minimum Gasteiger partial charge on any atom is -0.412 e. The van der Waals surface area contributed by atoms with Crippen LogP contribution in [0.15, 0.2) is 0 Å². The second-order valence-electron chi connectivity index (χ2n) is 0.316. The maximum atomic E-state index is 7.57. The van der Waals surface area contributed by atoms with E-state index in [1.165, 1.54) is 0 Å². The Labute approximate surface area is 129 Å². The van der Waals surface area contributed by atoms with Gasteiger partial charge in [0, 0.05) is 48.4 Å². The predicted octanol–water partition coefficient (Wildman–Crippen LogP) is -3.68. The maximum Gasteiger partial charge on any atom is 0.0402 e. The Kier molecular flexibility index (Phi) is 3810. The quantitative estimate of drug-likeness (QED) is 0.425. The number of rotatable bonds is 0. The summed E-state index contributed by atoms with van der Waals surface area (Å²) in [5.41, 5.74) is 0. The van der Waals surface area contributed by atoms with Gasteiger partial charge in [-0.25, -0.2) is 0 Å². The average Bonchev–Trinajstić information content (AvgIpc) is 0.918. The summed E-state index contributed by atoms with van der Waals surface area (Å²) in [5, 5.41) is 7.57. The predicted molar refractivity (Wildman–Crippen MR) is 56.2 cm³/mol. The molecule has 0 heterocycles. The van der Waals surface area contributed by atoms with Gasteiger partial charge in [0.05, 0.1) is 0 Å². The molecular weight excluding hydrogens is 382 g/mol. The molecule has 0 aliphatic rings. The van der Waals surface area contributed by atoms with E-state index in [1.807, 2.05) is 0 Å². The average molecular weight is 404 g/mol. The first-order valence-corrected chi connectivity index (χ1v) is 1.02. The molecule has 0 atom stereocenters. The van der Waals surface area contributed by atoms with Crippen LogP contribution in [0.2, 0.25) is 0 Å². The van der Waals surface area contributed by atoms with Crippen LogP contribution in [0.3, 0.4) is 0 Å². The van der Waals surface area contributed by atoms with Crippen molar-refractivity contribution in [1.29, 1.82) is 0 Å². The van der Waals surface area contributed by atoms with E-state index in [-0.39, 0.29) is 118 Å². The van der Waals surface area contributed by atoms with E-state index in [0.29, 0.717) is 0 Å². The van der Waals surface area contributed by atoms with Gasteiger partial charge in [-0.2, -0.15) is 0 Å². The third-order valence-corrected chi connectivity index (χ3v) is 0. The summed E-state index contributed by atoms with van der Waals surface area (Å²) in [4.78, 5) is 0. The summed E-state index contributed by atoms with van der Waals surface area (Å²) < 4.78 is 0. The zero-order valence-electron chi connectivity index (χ0n) is 6.88. The first-order chi connectivity index (χ1) is 1.41. The van der Waals surface area contributed by atoms with Gasteiger partial charge in [0.2, 0.25) is 0 Å². The zero-order valence-corrected chi connectivity index (χ0v) is 12.5. The van der Waals surface area contributed by atoms with Crippen LogP contribution in [-0.4, -0.2) is 44.6 Å². The van der Waals surface area contributed by atoms with E-state index in [9.17, 15) is 0 Å². The van der Waals surface area contributed by atoms with E-state index < -0.39 is 0 Å². The first kappa shape index (κ1) is 186. The fourth-order valence-corrected chi connectivity index (χ4v) is 0. The molecule has 0 aromatic heterocycles. The molecule has 0 rings (SSSR count). The number of hydrogen-bond donors (Lipinski definition) is 1. The Bertz CT molecular complexity index is 21.7. The van der Waals surface area contributed by atoms with Crippen molar-refractivity contribution >= 4 is 37.2 Å². The van der Waals surface area contributed by atoms with Crippen LogP contribution in [0.5, 0.6) is 0 Å². The number of aliphatic hydroxyl groups is 1. The normalized spacial score (nSPS) is 1.38. The topological polar surface area (TPSA) is 209 Å². The van der Waals surface area contributed by atoms with Gasteiger partial charge in [0.15, 0.2) is 0 Å². The van der Waals surface area contributed by atoms with Gasteiger partial charge in [-0.3, -0.25) is 0 Å². The Morgan fingerprint density at radius 1 is 0.692 bits per heavy atom. The Hall–Kier alpha value is 1.97. The van der Waals surface area contributed by atoms with Crippen LogP contribution in [0, 0.1) is 41.7 Å². The van der Waals surface area contributed by atoms with Gasteiger partial charge < -0.3 is 38.0 Å². The monoisotopic (exact) mass is 402 g/mol. The zero-order chi connectivity index (χ0) is 2.71. The van der Waals surface area contributed by atoms with Crippen molar-refractivity contribution < 1.29 is 79.7 Å². The summed E-state index contributed by atoms with van der Waals surface area (Å²) in [6, 6.07) is 0. The molecule has 0 fully saturated rings. The minimum atomic E-state index is 0. The van der Waals surface area contributed by atoms with Crippen LogP contribution in [0.1, 0.15) is 6.92 Å². The second-order valence-corrected chi connectivity index (χ2v) is 0.316. The van der Waals surface area contributed by atoms with E-state index in [1.54, 1.807) is 6.92 Å². The van der Waals surface area contributed by atoms with Gasteiger partial charge in [-0.05, 0) is 6.92 Å². The molecule has 0 radical (unpaired) electrons. The van der Waals surface area contributed by atoms with E-state index in [4.69, 9.17) is 5.11 Å². The van der Waals surface area contributed by atoms with Gasteiger partial charge in [0.1, 0.15) is 0 Å². The molecule has 0 aliphatic heterocycles. The van der Waals surface area contributed by atoms with Crippen molar-refractivity contribution in [3.8, 4) is 0 Å². The van der Waals surface area contributed by atoms with Crippen LogP contribution in [0.4, 0.5) is 0 Å². The van der Waals surface area contributed by atoms with Gasteiger partial charge in [-0.1, -0.05) is 0 Å². The fraction of sp³-hybridized carbons (Fsp3) is 1.00. The molecule has 7 nitrogen and oxygen atoms in total. The molecule has 0 spiro atoms. The molecule has 13 heavy (non-hydrogen) atoms. The molecule has 0 unspecified atom stereocenters. The number of aliphatic hydroxyl groups excluding tert-OH is 1. The SMILES string of the molecule is CCO.Cl.Cl.Cl.O.O.O.O.O.O.[Ce]. The van der Waals surface area contributed by atoms with Crippen molar-refractivity contribution in [2.75, 3.05) is 6.61 Å². The molecule has 0 aromatic rings. The van der Waals surface area contributed by atoms with Crippen LogP contribution in [-0.2, 0) is 0 Å². The van der Waals surface area contributed by atoms with Gasteiger partial charge in [0.25, 0.3) is 0 Å². The molecule has 13 N–H and O–H groups in total. The van der Waals surface area contributed by atoms with E-state index >= 15 is 0 Å². The molecule has 0 bridgehead atoms. The fourth-order valence-electron chi connectivity index (χ4n) is 0. The van der Waals surface area contributed by atoms with Crippen LogP contribution >= 0.6 is 37.2 Å².